The summed E-state index contributed by atoms with van der Waals surface area (Å²) in [7, 11) is 0. The van der Waals surface area contributed by atoms with Crippen LogP contribution in [-0.4, -0.2) is 12.5 Å². The molecule has 0 aliphatic carbocycles. The maximum absolute atomic E-state index is 10.8. The van der Waals surface area contributed by atoms with Gasteiger partial charge in [0, 0.05) is 5.69 Å². The molecule has 0 unspecified atom stereocenters. The number of aryl methyl sites for hydroxylation is 1. The molecule has 0 aliphatic rings. The Bertz CT molecular complexity index is 304. The van der Waals surface area contributed by atoms with Crippen molar-refractivity contribution in [3.63, 3.8) is 0 Å². The summed E-state index contributed by atoms with van der Waals surface area (Å²) in [4.78, 5) is 10.8. The van der Waals surface area contributed by atoms with E-state index in [4.69, 9.17) is 5.84 Å². The summed E-state index contributed by atoms with van der Waals surface area (Å²) in [6, 6.07) is 7.78. The van der Waals surface area contributed by atoms with Gasteiger partial charge in [-0.1, -0.05) is 12.1 Å². The van der Waals surface area contributed by atoms with Gasteiger partial charge < -0.3 is 5.32 Å². The molecule has 0 heterocycles. The first-order valence-electron chi connectivity index (χ1n) is 4.02. The second-order valence-electron chi connectivity index (χ2n) is 2.79. The van der Waals surface area contributed by atoms with E-state index in [1.165, 1.54) is 0 Å². The molecule has 0 atom stereocenters. The minimum atomic E-state index is -0.235. The van der Waals surface area contributed by atoms with Crippen molar-refractivity contribution in [3.8, 4) is 0 Å². The lowest BCUT2D eigenvalue weighted by atomic mass is 10.2. The number of nitrogens with one attached hydrogen (secondary N) is 2. The summed E-state index contributed by atoms with van der Waals surface area (Å²) in [5, 5.41) is 2.94. The number of carbonyl (C=O) groups excluding carboxylic acids is 1. The standard InChI is InChI=1S/C9H13N3O.ClH/c1-7-3-2-4-8(5-7)11-6-9(13)12-10;/h2-5,11H,6,10H2,1H3,(H,12,13);1H. The van der Waals surface area contributed by atoms with Crippen molar-refractivity contribution < 1.29 is 4.79 Å². The summed E-state index contributed by atoms with van der Waals surface area (Å²) in [5.74, 6) is 4.69. The number of hydrogen-bond donors (Lipinski definition) is 3. The lowest BCUT2D eigenvalue weighted by Gasteiger charge is -2.05. The molecular weight excluding hydrogens is 202 g/mol. The predicted molar refractivity (Wildman–Crippen MR) is 59.2 cm³/mol. The molecule has 1 amide bonds. The molecule has 1 aromatic rings. The van der Waals surface area contributed by atoms with Gasteiger partial charge in [0.05, 0.1) is 6.54 Å². The third-order valence-corrected chi connectivity index (χ3v) is 1.63. The molecule has 0 aromatic heterocycles. The van der Waals surface area contributed by atoms with E-state index >= 15 is 0 Å². The molecule has 0 bridgehead atoms. The highest BCUT2D eigenvalue weighted by molar-refractivity contribution is 5.85. The van der Waals surface area contributed by atoms with Crippen LogP contribution in [0.15, 0.2) is 24.3 Å². The Hall–Kier alpha value is -1.26. The third-order valence-electron chi connectivity index (χ3n) is 1.63. The molecule has 4 N–H and O–H groups in total. The van der Waals surface area contributed by atoms with Crippen LogP contribution in [0.5, 0.6) is 0 Å². The number of amides is 1. The van der Waals surface area contributed by atoms with Crippen LogP contribution < -0.4 is 16.6 Å². The summed E-state index contributed by atoms with van der Waals surface area (Å²) < 4.78 is 0. The van der Waals surface area contributed by atoms with Gasteiger partial charge in [0.15, 0.2) is 0 Å². The molecule has 1 aromatic carbocycles. The van der Waals surface area contributed by atoms with E-state index in [2.05, 4.69) is 5.32 Å². The number of carbonyl (C=O) groups is 1. The topological polar surface area (TPSA) is 67.2 Å². The third kappa shape index (κ3) is 4.11. The molecular formula is C9H14ClN3O. The highest BCUT2D eigenvalue weighted by atomic mass is 35.5. The Morgan fingerprint density at radius 3 is 2.79 bits per heavy atom. The van der Waals surface area contributed by atoms with Crippen LogP contribution in [-0.2, 0) is 4.79 Å². The lowest BCUT2D eigenvalue weighted by Crippen LogP contribution is -2.35. The largest absolute Gasteiger partial charge is 0.376 e. The zero-order chi connectivity index (χ0) is 9.68. The highest BCUT2D eigenvalue weighted by Crippen LogP contribution is 2.08. The van der Waals surface area contributed by atoms with Gasteiger partial charge in [0.1, 0.15) is 0 Å². The first-order valence-corrected chi connectivity index (χ1v) is 4.02. The van der Waals surface area contributed by atoms with Crippen molar-refractivity contribution in [2.24, 2.45) is 5.84 Å². The van der Waals surface area contributed by atoms with Gasteiger partial charge in [0.2, 0.25) is 0 Å². The van der Waals surface area contributed by atoms with Gasteiger partial charge in [-0.15, -0.1) is 12.4 Å². The number of halogens is 1. The molecule has 0 fully saturated rings. The Balaban J connectivity index is 0.00000169. The average molecular weight is 216 g/mol. The van der Waals surface area contributed by atoms with Crippen molar-refractivity contribution in [1.29, 1.82) is 0 Å². The fraction of sp³-hybridized carbons (Fsp3) is 0.222. The summed E-state index contributed by atoms with van der Waals surface area (Å²) in [6.45, 7) is 2.19. The quantitative estimate of drug-likeness (QED) is 0.397. The summed E-state index contributed by atoms with van der Waals surface area (Å²) in [6.07, 6.45) is 0. The van der Waals surface area contributed by atoms with Crippen molar-refractivity contribution in [3.05, 3.63) is 29.8 Å². The summed E-state index contributed by atoms with van der Waals surface area (Å²) >= 11 is 0. The summed E-state index contributed by atoms with van der Waals surface area (Å²) in [5.41, 5.74) is 4.12. The Morgan fingerprint density at radius 1 is 1.50 bits per heavy atom. The van der Waals surface area contributed by atoms with Crippen molar-refractivity contribution >= 4 is 24.0 Å². The zero-order valence-electron chi connectivity index (χ0n) is 7.91. The molecule has 14 heavy (non-hydrogen) atoms. The average Bonchev–Trinajstić information content (AvgIpc) is 2.14. The SMILES string of the molecule is Cc1cccc(NCC(=O)NN)c1.Cl. The molecule has 0 spiro atoms. The van der Waals surface area contributed by atoms with Gasteiger partial charge in [-0.25, -0.2) is 5.84 Å². The zero-order valence-corrected chi connectivity index (χ0v) is 8.73. The van der Waals surface area contributed by atoms with E-state index in [1.807, 2.05) is 36.6 Å². The number of hydrazine groups is 1. The van der Waals surface area contributed by atoms with Gasteiger partial charge in [-0.3, -0.25) is 10.2 Å². The maximum Gasteiger partial charge on any atom is 0.253 e. The number of anilines is 1. The Kier molecular flexibility index (Phi) is 5.67. The smallest absolute Gasteiger partial charge is 0.253 e. The molecule has 1 rings (SSSR count). The van der Waals surface area contributed by atoms with E-state index in [0.717, 1.165) is 11.3 Å². The van der Waals surface area contributed by atoms with E-state index in [9.17, 15) is 4.79 Å². The minimum Gasteiger partial charge on any atom is -0.376 e. The van der Waals surface area contributed by atoms with Gasteiger partial charge in [0.25, 0.3) is 5.91 Å². The van der Waals surface area contributed by atoms with Crippen molar-refractivity contribution in [1.82, 2.24) is 5.43 Å². The first kappa shape index (κ1) is 12.7. The van der Waals surface area contributed by atoms with E-state index < -0.39 is 0 Å². The van der Waals surface area contributed by atoms with Crippen LogP contribution in [0.25, 0.3) is 0 Å². The van der Waals surface area contributed by atoms with Crippen LogP contribution >= 0.6 is 12.4 Å². The molecule has 4 nitrogen and oxygen atoms in total. The maximum atomic E-state index is 10.8. The van der Waals surface area contributed by atoms with Crippen LogP contribution in [0, 0.1) is 6.92 Å². The highest BCUT2D eigenvalue weighted by Gasteiger charge is 1.97. The van der Waals surface area contributed by atoms with Crippen molar-refractivity contribution in [2.45, 2.75) is 6.92 Å². The monoisotopic (exact) mass is 215 g/mol. The predicted octanol–water partition coefficient (Wildman–Crippen LogP) is 0.819. The molecule has 5 heteroatoms. The van der Waals surface area contributed by atoms with Crippen molar-refractivity contribution in [2.75, 3.05) is 11.9 Å². The van der Waals surface area contributed by atoms with Gasteiger partial charge in [-0.2, -0.15) is 0 Å². The minimum absolute atomic E-state index is 0. The van der Waals surface area contributed by atoms with Gasteiger partial charge in [-0.05, 0) is 24.6 Å². The molecule has 0 saturated carbocycles. The normalized spacial score (nSPS) is 8.71. The molecule has 0 aliphatic heterocycles. The van der Waals surface area contributed by atoms with Gasteiger partial charge >= 0.3 is 0 Å². The van der Waals surface area contributed by atoms with E-state index in [1.54, 1.807) is 0 Å². The first-order chi connectivity index (χ1) is 6.22. The number of rotatable bonds is 3. The number of hydrogen-bond acceptors (Lipinski definition) is 3. The fourth-order valence-electron chi connectivity index (χ4n) is 0.988. The molecule has 0 saturated heterocycles. The van der Waals surface area contributed by atoms with Crippen LogP contribution in [0.1, 0.15) is 5.56 Å². The fourth-order valence-corrected chi connectivity index (χ4v) is 0.988. The van der Waals surface area contributed by atoms with E-state index in [0.29, 0.717) is 0 Å². The molecule has 78 valence electrons. The van der Waals surface area contributed by atoms with Crippen LogP contribution in [0.4, 0.5) is 5.69 Å². The van der Waals surface area contributed by atoms with Crippen LogP contribution in [0.2, 0.25) is 0 Å². The number of benzene rings is 1. The lowest BCUT2D eigenvalue weighted by molar-refractivity contribution is -0.119. The number of nitrogens with two attached hydrogens (primary N) is 1. The Labute approximate surface area is 89.3 Å². The second kappa shape index (κ2) is 6.23. The Morgan fingerprint density at radius 2 is 2.21 bits per heavy atom. The molecule has 0 radical (unpaired) electrons. The van der Waals surface area contributed by atoms with E-state index in [-0.39, 0.29) is 24.9 Å². The van der Waals surface area contributed by atoms with Crippen LogP contribution in [0.3, 0.4) is 0 Å². The second-order valence-corrected chi connectivity index (χ2v) is 2.79.